The van der Waals surface area contributed by atoms with E-state index in [1.54, 1.807) is 0 Å². The van der Waals surface area contributed by atoms with E-state index in [1.807, 2.05) is 22.8 Å². The summed E-state index contributed by atoms with van der Waals surface area (Å²) < 4.78 is 13.9. The van der Waals surface area contributed by atoms with Crippen molar-refractivity contribution in [1.82, 2.24) is 9.55 Å². The van der Waals surface area contributed by atoms with Gasteiger partial charge < -0.3 is 14.5 Å². The Kier molecular flexibility index (Phi) is 2.75. The van der Waals surface area contributed by atoms with Gasteiger partial charge in [0.15, 0.2) is 16.3 Å². The summed E-state index contributed by atoms with van der Waals surface area (Å²) in [5, 5.41) is 0. The highest BCUT2D eigenvalue weighted by Crippen LogP contribution is 2.33. The van der Waals surface area contributed by atoms with Gasteiger partial charge in [-0.25, -0.2) is 0 Å². The van der Waals surface area contributed by atoms with Crippen LogP contribution in [0.5, 0.6) is 11.5 Å². The van der Waals surface area contributed by atoms with Crippen LogP contribution in [0.2, 0.25) is 0 Å². The second-order valence-corrected chi connectivity index (χ2v) is 5.50. The summed E-state index contributed by atoms with van der Waals surface area (Å²) in [6, 6.07) is 12.2. The Bertz CT molecular complexity index is 895. The zero-order valence-corrected chi connectivity index (χ0v) is 12.4. The fourth-order valence-corrected chi connectivity index (χ4v) is 2.97. The molecule has 0 amide bonds. The Morgan fingerprint density at radius 3 is 2.71 bits per heavy atom. The lowest BCUT2D eigenvalue weighted by Gasteiger charge is -2.19. The number of fused-ring (bicyclic) bond motifs is 2. The van der Waals surface area contributed by atoms with Crippen LogP contribution in [0, 0.1) is 11.7 Å². The molecule has 0 saturated carbocycles. The lowest BCUT2D eigenvalue weighted by Crippen LogP contribution is -2.15. The maximum atomic E-state index is 5.65. The zero-order valence-electron chi connectivity index (χ0n) is 11.6. The first-order valence-corrected chi connectivity index (χ1v) is 7.24. The smallest absolute Gasteiger partial charge is 0.182 e. The molecule has 21 heavy (non-hydrogen) atoms. The number of aromatic amines is 1. The Morgan fingerprint density at radius 2 is 1.86 bits per heavy atom. The average molecular weight is 298 g/mol. The molecule has 0 saturated heterocycles. The molecule has 0 fully saturated rings. The predicted molar refractivity (Wildman–Crippen MR) is 84.2 cm³/mol. The molecule has 4 rings (SSSR count). The van der Waals surface area contributed by atoms with Gasteiger partial charge >= 0.3 is 0 Å². The molecule has 3 aromatic rings. The minimum atomic E-state index is 0.578. The molecule has 5 heteroatoms. The van der Waals surface area contributed by atoms with Gasteiger partial charge in [-0.3, -0.25) is 4.57 Å². The van der Waals surface area contributed by atoms with Crippen LogP contribution in [0.4, 0.5) is 0 Å². The second kappa shape index (κ2) is 4.63. The van der Waals surface area contributed by atoms with Gasteiger partial charge in [-0.05, 0) is 49.0 Å². The highest BCUT2D eigenvalue weighted by Gasteiger charge is 2.14. The van der Waals surface area contributed by atoms with E-state index in [-0.39, 0.29) is 0 Å². The van der Waals surface area contributed by atoms with Crippen molar-refractivity contribution in [2.24, 2.45) is 0 Å². The summed E-state index contributed by atoms with van der Waals surface area (Å²) in [6.45, 7) is 3.24. The second-order valence-electron chi connectivity index (χ2n) is 5.11. The number of aromatic nitrogens is 2. The number of imidazole rings is 1. The number of hydrogen-bond acceptors (Lipinski definition) is 3. The average Bonchev–Trinajstić information content (AvgIpc) is 2.81. The predicted octanol–water partition coefficient (Wildman–Crippen LogP) is 3.77. The van der Waals surface area contributed by atoms with E-state index in [1.165, 1.54) is 5.56 Å². The van der Waals surface area contributed by atoms with Gasteiger partial charge in [-0.1, -0.05) is 6.07 Å². The first kappa shape index (κ1) is 12.5. The summed E-state index contributed by atoms with van der Waals surface area (Å²) in [5.41, 5.74) is 4.27. The van der Waals surface area contributed by atoms with E-state index in [0.717, 1.165) is 28.2 Å². The number of hydrogen-bond donors (Lipinski definition) is 1. The Morgan fingerprint density at radius 1 is 1.05 bits per heavy atom. The van der Waals surface area contributed by atoms with Crippen LogP contribution >= 0.6 is 12.2 Å². The molecule has 106 valence electrons. The maximum Gasteiger partial charge on any atom is 0.182 e. The van der Waals surface area contributed by atoms with Crippen LogP contribution in [0.15, 0.2) is 36.4 Å². The van der Waals surface area contributed by atoms with E-state index in [2.05, 4.69) is 30.1 Å². The lowest BCUT2D eigenvalue weighted by molar-refractivity contribution is 0.171. The third kappa shape index (κ3) is 2.01. The minimum absolute atomic E-state index is 0.578. The maximum absolute atomic E-state index is 5.65. The van der Waals surface area contributed by atoms with E-state index < -0.39 is 0 Å². The zero-order chi connectivity index (χ0) is 14.4. The van der Waals surface area contributed by atoms with Crippen molar-refractivity contribution in [3.8, 4) is 17.2 Å². The third-order valence-electron chi connectivity index (χ3n) is 3.62. The van der Waals surface area contributed by atoms with E-state index in [0.29, 0.717) is 18.0 Å². The molecule has 4 nitrogen and oxygen atoms in total. The summed E-state index contributed by atoms with van der Waals surface area (Å²) in [6.07, 6.45) is 0. The van der Waals surface area contributed by atoms with Crippen LogP contribution in [0.3, 0.4) is 0 Å². The Balaban J connectivity index is 1.94. The molecular weight excluding hydrogens is 284 g/mol. The number of rotatable bonds is 1. The van der Waals surface area contributed by atoms with Gasteiger partial charge in [0, 0.05) is 6.07 Å². The number of nitrogens with zero attached hydrogens (tertiary/aromatic N) is 1. The van der Waals surface area contributed by atoms with Crippen LogP contribution in [-0.2, 0) is 0 Å². The normalized spacial score (nSPS) is 13.6. The summed E-state index contributed by atoms with van der Waals surface area (Å²) in [7, 11) is 0. The van der Waals surface area contributed by atoms with Gasteiger partial charge in [0.25, 0.3) is 0 Å². The van der Waals surface area contributed by atoms with Gasteiger partial charge in [0.2, 0.25) is 0 Å². The SMILES string of the molecule is Cc1ccc2c(c1)[nH]c(=S)n2-c1ccc2c(c1)OCCO2. The Hall–Kier alpha value is -2.27. The van der Waals surface area contributed by atoms with Crippen molar-refractivity contribution in [3.63, 3.8) is 0 Å². The Labute approximate surface area is 126 Å². The van der Waals surface area contributed by atoms with E-state index >= 15 is 0 Å². The summed E-state index contributed by atoms with van der Waals surface area (Å²) >= 11 is 5.47. The lowest BCUT2D eigenvalue weighted by atomic mass is 10.2. The summed E-state index contributed by atoms with van der Waals surface area (Å²) in [4.78, 5) is 3.25. The largest absolute Gasteiger partial charge is 0.486 e. The molecule has 0 bridgehead atoms. The fraction of sp³-hybridized carbons (Fsp3) is 0.188. The molecular formula is C16H14N2O2S. The first-order chi connectivity index (χ1) is 10.2. The van der Waals surface area contributed by atoms with E-state index in [9.17, 15) is 0 Å². The van der Waals surface area contributed by atoms with E-state index in [4.69, 9.17) is 21.7 Å². The topological polar surface area (TPSA) is 39.2 Å². The van der Waals surface area contributed by atoms with Crippen LogP contribution in [-0.4, -0.2) is 22.8 Å². The number of aryl methyl sites for hydroxylation is 1. The van der Waals surface area contributed by atoms with Gasteiger partial charge in [0.05, 0.1) is 16.7 Å². The standard InChI is InChI=1S/C16H14N2O2S/c1-10-2-4-13-12(8-10)17-16(21)18(13)11-3-5-14-15(9-11)20-7-6-19-14/h2-5,8-9H,6-7H2,1H3,(H,17,21). The molecule has 0 spiro atoms. The highest BCUT2D eigenvalue weighted by molar-refractivity contribution is 7.71. The molecule has 0 atom stereocenters. The quantitative estimate of drug-likeness (QED) is 0.695. The van der Waals surface area contributed by atoms with Crippen molar-refractivity contribution in [1.29, 1.82) is 0 Å². The number of ether oxygens (including phenoxy) is 2. The molecule has 1 aliphatic rings. The van der Waals surface area contributed by atoms with Crippen LogP contribution < -0.4 is 9.47 Å². The van der Waals surface area contributed by atoms with Crippen LogP contribution in [0.25, 0.3) is 16.7 Å². The molecule has 0 unspecified atom stereocenters. The molecule has 1 aliphatic heterocycles. The molecule has 1 N–H and O–H groups in total. The summed E-state index contributed by atoms with van der Waals surface area (Å²) in [5.74, 6) is 1.55. The molecule has 0 radical (unpaired) electrons. The van der Waals surface area contributed by atoms with Crippen molar-refractivity contribution in [2.75, 3.05) is 13.2 Å². The van der Waals surface area contributed by atoms with Crippen molar-refractivity contribution >= 4 is 23.3 Å². The minimum Gasteiger partial charge on any atom is -0.486 e. The number of nitrogens with one attached hydrogen (secondary N) is 1. The number of H-pyrrole nitrogens is 1. The molecule has 0 aliphatic carbocycles. The molecule has 2 heterocycles. The van der Waals surface area contributed by atoms with Crippen molar-refractivity contribution < 1.29 is 9.47 Å². The first-order valence-electron chi connectivity index (χ1n) is 6.84. The third-order valence-corrected chi connectivity index (χ3v) is 3.91. The van der Waals surface area contributed by atoms with Gasteiger partial charge in [-0.15, -0.1) is 0 Å². The molecule has 2 aromatic carbocycles. The number of benzene rings is 2. The fourth-order valence-electron chi connectivity index (χ4n) is 2.65. The van der Waals surface area contributed by atoms with Crippen molar-refractivity contribution in [2.45, 2.75) is 6.92 Å². The highest BCUT2D eigenvalue weighted by atomic mass is 32.1. The van der Waals surface area contributed by atoms with Crippen molar-refractivity contribution in [3.05, 3.63) is 46.7 Å². The molecule has 1 aromatic heterocycles. The van der Waals surface area contributed by atoms with Gasteiger partial charge in [0.1, 0.15) is 13.2 Å². The van der Waals surface area contributed by atoms with Crippen LogP contribution in [0.1, 0.15) is 5.56 Å². The van der Waals surface area contributed by atoms with Gasteiger partial charge in [-0.2, -0.15) is 0 Å². The monoisotopic (exact) mass is 298 g/mol.